The molecule has 3 heteroatoms. The number of hydrogen-bond donors (Lipinski definition) is 0. The van der Waals surface area contributed by atoms with Crippen molar-refractivity contribution >= 4 is 16.3 Å². The predicted molar refractivity (Wildman–Crippen MR) is 50.5 cm³/mol. The second kappa shape index (κ2) is 2.29. The van der Waals surface area contributed by atoms with Crippen LogP contribution in [0.4, 0.5) is 0 Å². The summed E-state index contributed by atoms with van der Waals surface area (Å²) in [6.45, 7) is 0. The zero-order chi connectivity index (χ0) is 8.67. The van der Waals surface area contributed by atoms with Gasteiger partial charge >= 0.3 is 0 Å². The maximum atomic E-state index is 3.94. The van der Waals surface area contributed by atoms with Crippen molar-refractivity contribution in [3.8, 4) is 0 Å². The van der Waals surface area contributed by atoms with Crippen LogP contribution in [0.25, 0.3) is 16.3 Å². The van der Waals surface area contributed by atoms with Gasteiger partial charge in [0.1, 0.15) is 0 Å². The standard InChI is InChI=1S/C10H7N3/c1-2-4-9-8(3-1)5-6-13-10(9)7-11-12-13/h1-7H. The maximum Gasteiger partial charge on any atom is 0.0943 e. The molecule has 62 valence electrons. The molecule has 0 aliphatic carbocycles. The fourth-order valence-electron chi connectivity index (χ4n) is 1.57. The second-order valence-electron chi connectivity index (χ2n) is 2.97. The lowest BCUT2D eigenvalue weighted by atomic mass is 10.1. The molecule has 0 unspecified atom stereocenters. The number of fused-ring (bicyclic) bond motifs is 3. The highest BCUT2D eigenvalue weighted by atomic mass is 15.4. The number of rotatable bonds is 0. The summed E-state index contributed by atoms with van der Waals surface area (Å²) in [7, 11) is 0. The van der Waals surface area contributed by atoms with Crippen molar-refractivity contribution in [2.45, 2.75) is 0 Å². The number of benzene rings is 1. The molecule has 0 saturated carbocycles. The molecule has 0 bridgehead atoms. The van der Waals surface area contributed by atoms with Crippen molar-refractivity contribution in [1.29, 1.82) is 0 Å². The van der Waals surface area contributed by atoms with E-state index >= 15 is 0 Å². The van der Waals surface area contributed by atoms with Crippen LogP contribution in [0.5, 0.6) is 0 Å². The number of aromatic nitrogens is 3. The van der Waals surface area contributed by atoms with Gasteiger partial charge in [0.25, 0.3) is 0 Å². The van der Waals surface area contributed by atoms with Crippen LogP contribution in [-0.2, 0) is 0 Å². The van der Waals surface area contributed by atoms with E-state index in [0.29, 0.717) is 0 Å². The molecular formula is C10H7N3. The van der Waals surface area contributed by atoms with Gasteiger partial charge in [-0.15, -0.1) is 5.10 Å². The molecule has 0 atom stereocenters. The Bertz CT molecular complexity index is 568. The van der Waals surface area contributed by atoms with E-state index in [9.17, 15) is 0 Å². The third-order valence-electron chi connectivity index (χ3n) is 2.21. The SMILES string of the molecule is c1ccc2c(c1)ccn1nncc21. The van der Waals surface area contributed by atoms with Crippen LogP contribution in [0.1, 0.15) is 0 Å². The zero-order valence-corrected chi connectivity index (χ0v) is 6.88. The highest BCUT2D eigenvalue weighted by molar-refractivity contribution is 5.95. The van der Waals surface area contributed by atoms with Gasteiger partial charge in [-0.25, -0.2) is 4.52 Å². The molecule has 2 aromatic heterocycles. The Morgan fingerprint density at radius 3 is 3.00 bits per heavy atom. The Labute approximate surface area is 74.6 Å². The topological polar surface area (TPSA) is 30.2 Å². The van der Waals surface area contributed by atoms with Crippen molar-refractivity contribution in [2.24, 2.45) is 0 Å². The monoisotopic (exact) mass is 169 g/mol. The number of pyridine rings is 1. The molecule has 3 aromatic rings. The summed E-state index contributed by atoms with van der Waals surface area (Å²) < 4.78 is 1.78. The van der Waals surface area contributed by atoms with E-state index in [1.54, 1.807) is 10.7 Å². The van der Waals surface area contributed by atoms with E-state index in [4.69, 9.17) is 0 Å². The second-order valence-corrected chi connectivity index (χ2v) is 2.97. The molecule has 13 heavy (non-hydrogen) atoms. The van der Waals surface area contributed by atoms with Crippen molar-refractivity contribution in [1.82, 2.24) is 14.8 Å². The molecule has 3 rings (SSSR count). The number of hydrogen-bond acceptors (Lipinski definition) is 2. The zero-order valence-electron chi connectivity index (χ0n) is 6.88. The Morgan fingerprint density at radius 1 is 1.08 bits per heavy atom. The summed E-state index contributed by atoms with van der Waals surface area (Å²) in [5.41, 5.74) is 1.05. The largest absolute Gasteiger partial charge is 0.220 e. The first-order valence-corrected chi connectivity index (χ1v) is 4.13. The summed E-state index contributed by atoms with van der Waals surface area (Å²) >= 11 is 0. The molecule has 1 aromatic carbocycles. The van der Waals surface area contributed by atoms with E-state index in [0.717, 1.165) is 5.52 Å². The Kier molecular flexibility index (Phi) is 1.16. The van der Waals surface area contributed by atoms with Crippen LogP contribution in [0.2, 0.25) is 0 Å². The lowest BCUT2D eigenvalue weighted by Gasteiger charge is -1.97. The summed E-state index contributed by atoms with van der Waals surface area (Å²) in [6.07, 6.45) is 3.70. The molecular weight excluding hydrogens is 162 g/mol. The molecule has 3 nitrogen and oxygen atoms in total. The van der Waals surface area contributed by atoms with Crippen LogP contribution < -0.4 is 0 Å². The van der Waals surface area contributed by atoms with Crippen LogP contribution in [0.15, 0.2) is 42.7 Å². The lowest BCUT2D eigenvalue weighted by Crippen LogP contribution is -1.86. The average molecular weight is 169 g/mol. The fourth-order valence-corrected chi connectivity index (χ4v) is 1.57. The molecule has 0 N–H and O–H groups in total. The average Bonchev–Trinajstić information content (AvgIpc) is 2.65. The highest BCUT2D eigenvalue weighted by Gasteiger charge is 1.99. The van der Waals surface area contributed by atoms with Crippen LogP contribution in [0, 0.1) is 0 Å². The van der Waals surface area contributed by atoms with E-state index in [1.165, 1.54) is 10.8 Å². The third kappa shape index (κ3) is 0.839. The summed E-state index contributed by atoms with van der Waals surface area (Å²) in [6, 6.07) is 10.3. The van der Waals surface area contributed by atoms with Gasteiger partial charge in [-0.2, -0.15) is 0 Å². The smallest absolute Gasteiger partial charge is 0.0943 e. The minimum Gasteiger partial charge on any atom is -0.220 e. The van der Waals surface area contributed by atoms with Gasteiger partial charge in [-0.3, -0.25) is 0 Å². The summed E-state index contributed by atoms with van der Waals surface area (Å²) in [4.78, 5) is 0. The van der Waals surface area contributed by atoms with Gasteiger partial charge in [0, 0.05) is 11.6 Å². The Hall–Kier alpha value is -1.90. The molecule has 0 radical (unpaired) electrons. The van der Waals surface area contributed by atoms with Crippen molar-refractivity contribution in [3.63, 3.8) is 0 Å². The van der Waals surface area contributed by atoms with E-state index < -0.39 is 0 Å². The fraction of sp³-hybridized carbons (Fsp3) is 0. The van der Waals surface area contributed by atoms with Crippen molar-refractivity contribution in [2.75, 3.05) is 0 Å². The van der Waals surface area contributed by atoms with Gasteiger partial charge in [0.2, 0.25) is 0 Å². The summed E-state index contributed by atoms with van der Waals surface area (Å²) in [5, 5.41) is 10.2. The van der Waals surface area contributed by atoms with Gasteiger partial charge in [0.05, 0.1) is 11.7 Å². The van der Waals surface area contributed by atoms with E-state index in [-0.39, 0.29) is 0 Å². The maximum absolute atomic E-state index is 3.94. The minimum atomic E-state index is 1.05. The molecule has 0 saturated heterocycles. The van der Waals surface area contributed by atoms with Gasteiger partial charge < -0.3 is 0 Å². The van der Waals surface area contributed by atoms with E-state index in [1.807, 2.05) is 24.4 Å². The first-order chi connectivity index (χ1) is 6.45. The van der Waals surface area contributed by atoms with Crippen molar-refractivity contribution < 1.29 is 0 Å². The Balaban J connectivity index is 2.65. The van der Waals surface area contributed by atoms with Gasteiger partial charge in [-0.05, 0) is 11.5 Å². The lowest BCUT2D eigenvalue weighted by molar-refractivity contribution is 0.858. The van der Waals surface area contributed by atoms with Crippen molar-refractivity contribution in [3.05, 3.63) is 42.7 Å². The van der Waals surface area contributed by atoms with E-state index in [2.05, 4.69) is 22.4 Å². The first-order valence-electron chi connectivity index (χ1n) is 4.13. The Morgan fingerprint density at radius 2 is 2.00 bits per heavy atom. The molecule has 2 heterocycles. The van der Waals surface area contributed by atoms with Gasteiger partial charge in [0.15, 0.2) is 0 Å². The normalized spacial score (nSPS) is 11.1. The van der Waals surface area contributed by atoms with Crippen LogP contribution in [-0.4, -0.2) is 14.8 Å². The quantitative estimate of drug-likeness (QED) is 0.514. The highest BCUT2D eigenvalue weighted by Crippen LogP contribution is 2.17. The molecule has 0 aliphatic heterocycles. The third-order valence-corrected chi connectivity index (χ3v) is 2.21. The minimum absolute atomic E-state index is 1.05. The van der Waals surface area contributed by atoms with Crippen LogP contribution in [0.3, 0.4) is 0 Å². The summed E-state index contributed by atoms with van der Waals surface area (Å²) in [5.74, 6) is 0. The molecule has 0 fully saturated rings. The first kappa shape index (κ1) is 6.60. The molecule has 0 spiro atoms. The van der Waals surface area contributed by atoms with Gasteiger partial charge in [-0.1, -0.05) is 29.5 Å². The molecule has 0 amide bonds. The van der Waals surface area contributed by atoms with Crippen LogP contribution >= 0.6 is 0 Å². The molecule has 0 aliphatic rings. The number of nitrogens with zero attached hydrogens (tertiary/aromatic N) is 3. The predicted octanol–water partition coefficient (Wildman–Crippen LogP) is 1.88.